The Balaban J connectivity index is 2.02. The predicted molar refractivity (Wildman–Crippen MR) is 75.0 cm³/mol. The molecule has 1 amide bonds. The van der Waals surface area contributed by atoms with Gasteiger partial charge in [-0.2, -0.15) is 5.10 Å². The minimum absolute atomic E-state index is 0.137. The number of rotatable bonds is 5. The summed E-state index contributed by atoms with van der Waals surface area (Å²) in [7, 11) is 0. The van der Waals surface area contributed by atoms with E-state index < -0.39 is 0 Å². The summed E-state index contributed by atoms with van der Waals surface area (Å²) in [6, 6.07) is 9.93. The highest BCUT2D eigenvalue weighted by atomic mass is 16.5. The van der Waals surface area contributed by atoms with Gasteiger partial charge in [0.25, 0.3) is 5.91 Å². The van der Waals surface area contributed by atoms with Crippen molar-refractivity contribution in [2.24, 2.45) is 5.10 Å². The molecule has 0 bridgehead atoms. The zero-order chi connectivity index (χ0) is 13.5. The Kier molecular flexibility index (Phi) is 5.10. The fraction of sp³-hybridized carbons (Fsp3) is 0.467. The number of benzene rings is 1. The Labute approximate surface area is 113 Å². The van der Waals surface area contributed by atoms with Crippen molar-refractivity contribution in [3.05, 3.63) is 35.9 Å². The number of nitrogens with one attached hydrogen (secondary N) is 1. The van der Waals surface area contributed by atoms with Crippen molar-refractivity contribution < 1.29 is 9.53 Å². The van der Waals surface area contributed by atoms with E-state index in [4.69, 9.17) is 4.74 Å². The van der Waals surface area contributed by atoms with Crippen molar-refractivity contribution in [3.8, 4) is 0 Å². The van der Waals surface area contributed by atoms with Crippen LogP contribution >= 0.6 is 0 Å². The molecule has 1 fully saturated rings. The Morgan fingerprint density at radius 3 is 2.84 bits per heavy atom. The number of hydrogen-bond acceptors (Lipinski definition) is 3. The smallest absolute Gasteiger partial charge is 0.269 e. The molecule has 1 unspecified atom stereocenters. The average molecular weight is 260 g/mol. The Bertz CT molecular complexity index is 437. The van der Waals surface area contributed by atoms with Crippen LogP contribution in [0.1, 0.15) is 38.2 Å². The van der Waals surface area contributed by atoms with Crippen molar-refractivity contribution >= 4 is 11.6 Å². The first-order valence-electron chi connectivity index (χ1n) is 6.84. The number of carbonyl (C=O) groups is 1. The largest absolute Gasteiger partial charge is 0.368 e. The van der Waals surface area contributed by atoms with Gasteiger partial charge in [-0.05, 0) is 24.8 Å². The molecule has 1 aromatic rings. The van der Waals surface area contributed by atoms with Gasteiger partial charge in [0.2, 0.25) is 0 Å². The fourth-order valence-corrected chi connectivity index (χ4v) is 2.11. The highest BCUT2D eigenvalue weighted by molar-refractivity contribution is 6.01. The molecule has 0 radical (unpaired) electrons. The monoisotopic (exact) mass is 260 g/mol. The van der Waals surface area contributed by atoms with Gasteiger partial charge in [0, 0.05) is 6.61 Å². The molecule has 19 heavy (non-hydrogen) atoms. The van der Waals surface area contributed by atoms with Crippen molar-refractivity contribution in [2.45, 2.75) is 38.7 Å². The van der Waals surface area contributed by atoms with Gasteiger partial charge < -0.3 is 4.74 Å². The highest BCUT2D eigenvalue weighted by Gasteiger charge is 2.23. The van der Waals surface area contributed by atoms with Crippen molar-refractivity contribution in [2.75, 3.05) is 6.61 Å². The second kappa shape index (κ2) is 7.04. The summed E-state index contributed by atoms with van der Waals surface area (Å²) in [5, 5.41) is 4.27. The molecule has 1 atom stereocenters. The molecule has 0 saturated carbocycles. The quantitative estimate of drug-likeness (QED) is 0.653. The Morgan fingerprint density at radius 1 is 1.42 bits per heavy atom. The second-order valence-corrected chi connectivity index (χ2v) is 4.65. The number of ether oxygens (including phenoxy) is 1. The van der Waals surface area contributed by atoms with Crippen LogP contribution in [0.2, 0.25) is 0 Å². The van der Waals surface area contributed by atoms with Gasteiger partial charge >= 0.3 is 0 Å². The van der Waals surface area contributed by atoms with E-state index >= 15 is 0 Å². The summed E-state index contributed by atoms with van der Waals surface area (Å²) >= 11 is 0. The van der Waals surface area contributed by atoms with Crippen LogP contribution in [0.3, 0.4) is 0 Å². The van der Waals surface area contributed by atoms with E-state index in [9.17, 15) is 4.79 Å². The molecule has 1 saturated heterocycles. The Hall–Kier alpha value is -1.68. The lowest BCUT2D eigenvalue weighted by atomic mass is 10.1. The number of amides is 1. The van der Waals surface area contributed by atoms with Crippen LogP contribution < -0.4 is 5.43 Å². The maximum atomic E-state index is 11.8. The third-order valence-corrected chi connectivity index (χ3v) is 3.12. The van der Waals surface area contributed by atoms with E-state index in [0.717, 1.165) is 37.0 Å². The van der Waals surface area contributed by atoms with Crippen LogP contribution in [0.25, 0.3) is 0 Å². The predicted octanol–water partition coefficient (Wildman–Crippen LogP) is 2.49. The average Bonchev–Trinajstić information content (AvgIpc) is 2.98. The lowest BCUT2D eigenvalue weighted by Crippen LogP contribution is -2.31. The van der Waals surface area contributed by atoms with Crippen LogP contribution in [-0.4, -0.2) is 24.3 Å². The maximum absolute atomic E-state index is 11.8. The summed E-state index contributed by atoms with van der Waals surface area (Å²) < 4.78 is 5.33. The molecule has 4 nitrogen and oxygen atoms in total. The summed E-state index contributed by atoms with van der Waals surface area (Å²) in [5.74, 6) is -0.137. The summed E-state index contributed by atoms with van der Waals surface area (Å²) in [5.41, 5.74) is 4.60. The standard InChI is InChI=1S/C15H20N2O2/c1-2-7-13(12-8-4-3-5-9-12)16-17-15(18)14-10-6-11-19-14/h3-5,8-9,14H,2,6-7,10-11H2,1H3,(H,17,18)/b16-13+. The molecule has 0 spiro atoms. The van der Waals surface area contributed by atoms with Gasteiger partial charge in [0.15, 0.2) is 0 Å². The highest BCUT2D eigenvalue weighted by Crippen LogP contribution is 2.12. The molecular weight excluding hydrogens is 240 g/mol. The van der Waals surface area contributed by atoms with Crippen molar-refractivity contribution in [3.63, 3.8) is 0 Å². The van der Waals surface area contributed by atoms with Crippen LogP contribution in [-0.2, 0) is 9.53 Å². The van der Waals surface area contributed by atoms with Crippen LogP contribution in [0.15, 0.2) is 35.4 Å². The maximum Gasteiger partial charge on any atom is 0.269 e. The zero-order valence-corrected chi connectivity index (χ0v) is 11.3. The summed E-state index contributed by atoms with van der Waals surface area (Å²) in [4.78, 5) is 11.8. The molecule has 0 aromatic heterocycles. The second-order valence-electron chi connectivity index (χ2n) is 4.65. The first-order chi connectivity index (χ1) is 9.31. The molecule has 102 valence electrons. The number of nitrogens with zero attached hydrogens (tertiary/aromatic N) is 1. The molecule has 1 aromatic carbocycles. The lowest BCUT2D eigenvalue weighted by Gasteiger charge is -2.09. The van der Waals surface area contributed by atoms with Gasteiger partial charge in [0.05, 0.1) is 5.71 Å². The molecular formula is C15H20N2O2. The first kappa shape index (κ1) is 13.7. The van der Waals surface area contributed by atoms with Gasteiger partial charge in [-0.15, -0.1) is 0 Å². The fourth-order valence-electron chi connectivity index (χ4n) is 2.11. The SMILES string of the molecule is CCC/C(=N\NC(=O)C1CCCO1)c1ccccc1. The third kappa shape index (κ3) is 3.89. The van der Waals surface area contributed by atoms with E-state index in [1.54, 1.807) is 0 Å². The number of hydrazone groups is 1. The van der Waals surface area contributed by atoms with E-state index in [1.165, 1.54) is 0 Å². The first-order valence-corrected chi connectivity index (χ1v) is 6.84. The van der Waals surface area contributed by atoms with E-state index in [0.29, 0.717) is 6.61 Å². The minimum Gasteiger partial charge on any atom is -0.368 e. The van der Waals surface area contributed by atoms with Crippen molar-refractivity contribution in [1.82, 2.24) is 5.43 Å². The molecule has 0 aliphatic carbocycles. The number of hydrogen-bond donors (Lipinski definition) is 1. The third-order valence-electron chi connectivity index (χ3n) is 3.12. The van der Waals surface area contributed by atoms with Gasteiger partial charge in [-0.3, -0.25) is 4.79 Å². The summed E-state index contributed by atoms with van der Waals surface area (Å²) in [6.07, 6.45) is 3.24. The van der Waals surface area contributed by atoms with Gasteiger partial charge in [0.1, 0.15) is 6.10 Å². The zero-order valence-electron chi connectivity index (χ0n) is 11.3. The van der Waals surface area contributed by atoms with Gasteiger partial charge in [-0.1, -0.05) is 43.7 Å². The molecule has 1 heterocycles. The molecule has 1 N–H and O–H groups in total. The lowest BCUT2D eigenvalue weighted by molar-refractivity contribution is -0.130. The topological polar surface area (TPSA) is 50.7 Å². The van der Waals surface area contributed by atoms with Crippen LogP contribution in [0.5, 0.6) is 0 Å². The van der Waals surface area contributed by atoms with E-state index in [-0.39, 0.29) is 12.0 Å². The molecule has 1 aliphatic rings. The van der Waals surface area contributed by atoms with Crippen molar-refractivity contribution in [1.29, 1.82) is 0 Å². The Morgan fingerprint density at radius 2 is 2.21 bits per heavy atom. The molecule has 2 rings (SSSR count). The van der Waals surface area contributed by atoms with E-state index in [1.807, 2.05) is 30.3 Å². The normalized spacial score (nSPS) is 19.4. The molecule has 1 aliphatic heterocycles. The van der Waals surface area contributed by atoms with E-state index in [2.05, 4.69) is 17.5 Å². The van der Waals surface area contributed by atoms with Crippen LogP contribution in [0.4, 0.5) is 0 Å². The number of carbonyl (C=O) groups excluding carboxylic acids is 1. The van der Waals surface area contributed by atoms with Crippen LogP contribution in [0, 0.1) is 0 Å². The minimum atomic E-state index is -0.331. The summed E-state index contributed by atoms with van der Waals surface area (Å²) in [6.45, 7) is 2.77. The van der Waals surface area contributed by atoms with Gasteiger partial charge in [-0.25, -0.2) is 5.43 Å². The molecule has 4 heteroatoms.